The minimum atomic E-state index is -4.87. The number of sulfonamides is 1. The Morgan fingerprint density at radius 1 is 1.14 bits per heavy atom. The highest BCUT2D eigenvalue weighted by molar-refractivity contribution is 7.92. The molecular formula is C26H27ClF5N3O7S. The molecule has 0 spiro atoms. The molecule has 236 valence electrons. The number of alkyl halides is 4. The highest BCUT2D eigenvalue weighted by Gasteiger charge is 2.51. The summed E-state index contributed by atoms with van der Waals surface area (Å²) in [4.78, 5) is 24.4. The first-order valence-electron chi connectivity index (χ1n) is 12.8. The second-order valence-corrected chi connectivity index (χ2v) is 12.6. The summed E-state index contributed by atoms with van der Waals surface area (Å²) in [5, 5.41) is 4.09. The van der Waals surface area contributed by atoms with Crippen LogP contribution in [0.3, 0.4) is 0 Å². The maximum atomic E-state index is 15.0. The van der Waals surface area contributed by atoms with Crippen LogP contribution in [0, 0.1) is 5.82 Å². The molecular weight excluding hydrogens is 629 g/mol. The van der Waals surface area contributed by atoms with Crippen molar-refractivity contribution in [2.75, 3.05) is 35.9 Å². The number of carbonyl (C=O) groups is 2. The number of hydrogen-bond acceptors (Lipinski definition) is 7. The lowest BCUT2D eigenvalue weighted by Gasteiger charge is -2.36. The summed E-state index contributed by atoms with van der Waals surface area (Å²) in [6.45, 7) is 0.673. The molecule has 17 heteroatoms. The van der Waals surface area contributed by atoms with Crippen LogP contribution in [0.1, 0.15) is 26.7 Å². The van der Waals surface area contributed by atoms with Crippen LogP contribution in [0.15, 0.2) is 41.3 Å². The minimum Gasteiger partial charge on any atom is -0.484 e. The second-order valence-electron chi connectivity index (χ2n) is 10.3. The molecule has 0 aliphatic carbocycles. The number of nitrogens with zero attached hydrogens (tertiary/aromatic N) is 1. The molecule has 2 aromatic rings. The van der Waals surface area contributed by atoms with Crippen molar-refractivity contribution in [1.29, 1.82) is 0 Å². The lowest BCUT2D eigenvalue weighted by molar-refractivity contribution is -0.242. The maximum Gasteiger partial charge on any atom is 0.427 e. The molecule has 0 aromatic heterocycles. The molecule has 0 bridgehead atoms. The second kappa shape index (κ2) is 12.0. The Hall–Kier alpha value is -3.37. The van der Waals surface area contributed by atoms with E-state index in [9.17, 15) is 35.6 Å². The Morgan fingerprint density at radius 2 is 1.81 bits per heavy atom. The van der Waals surface area contributed by atoms with Crippen molar-refractivity contribution >= 4 is 45.0 Å². The van der Waals surface area contributed by atoms with E-state index >= 15 is 4.39 Å². The molecule has 1 atom stereocenters. The molecule has 0 radical (unpaired) electrons. The van der Waals surface area contributed by atoms with Crippen LogP contribution in [-0.4, -0.2) is 70.3 Å². The fourth-order valence-electron chi connectivity index (χ4n) is 4.21. The third-order valence-corrected chi connectivity index (χ3v) is 8.89. The lowest BCUT2D eigenvalue weighted by atomic mass is 9.95. The molecule has 0 saturated carbocycles. The summed E-state index contributed by atoms with van der Waals surface area (Å²) in [5.41, 5.74) is -5.29. The number of ether oxygens (including phenoxy) is 3. The largest absolute Gasteiger partial charge is 0.484 e. The maximum absolute atomic E-state index is 15.0. The van der Waals surface area contributed by atoms with E-state index in [4.69, 9.17) is 21.1 Å². The topological polar surface area (TPSA) is 123 Å². The van der Waals surface area contributed by atoms with Crippen molar-refractivity contribution in [3.8, 4) is 5.75 Å². The van der Waals surface area contributed by atoms with E-state index in [2.05, 4.69) is 15.4 Å². The van der Waals surface area contributed by atoms with Gasteiger partial charge in [-0.3, -0.25) is 14.4 Å². The minimum absolute atomic E-state index is 0.0566. The number of benzene rings is 2. The summed E-state index contributed by atoms with van der Waals surface area (Å²) in [6.07, 6.45) is -7.68. The highest BCUT2D eigenvalue weighted by Crippen LogP contribution is 2.40. The van der Waals surface area contributed by atoms with Gasteiger partial charge in [-0.2, -0.15) is 13.2 Å². The number of carbonyl (C=O) groups excluding carboxylic acids is 2. The van der Waals surface area contributed by atoms with Gasteiger partial charge in [0.15, 0.2) is 5.67 Å². The van der Waals surface area contributed by atoms with Gasteiger partial charge >= 0.3 is 12.3 Å². The van der Waals surface area contributed by atoms with Crippen LogP contribution in [0.4, 0.5) is 38.1 Å². The molecule has 1 fully saturated rings. The molecule has 2 aliphatic rings. The average molecular weight is 656 g/mol. The predicted octanol–water partition coefficient (Wildman–Crippen LogP) is 4.96. The first kappa shape index (κ1) is 32.5. The van der Waals surface area contributed by atoms with Gasteiger partial charge in [0.05, 0.1) is 41.9 Å². The summed E-state index contributed by atoms with van der Waals surface area (Å²) in [6, 6.07) is 6.28. The zero-order valence-corrected chi connectivity index (χ0v) is 24.3. The van der Waals surface area contributed by atoms with Gasteiger partial charge in [-0.1, -0.05) is 11.6 Å². The molecule has 43 heavy (non-hydrogen) atoms. The SMILES string of the molecule is CC(C)(OC(=O)Nc1ccc2c(c1)N(S(=O)(=O)c1ccc(F)c(Cl)c1)C[C@H](CNC(=O)C1(F)CCOCC1)O2)C(F)(F)F. The van der Waals surface area contributed by atoms with E-state index in [1.165, 1.54) is 12.1 Å². The summed E-state index contributed by atoms with van der Waals surface area (Å²) >= 11 is 5.81. The number of rotatable bonds is 7. The zero-order chi connectivity index (χ0) is 31.8. The highest BCUT2D eigenvalue weighted by atomic mass is 35.5. The van der Waals surface area contributed by atoms with Gasteiger partial charge in [0.1, 0.15) is 17.7 Å². The van der Waals surface area contributed by atoms with Crippen LogP contribution in [0.5, 0.6) is 5.75 Å². The van der Waals surface area contributed by atoms with Gasteiger partial charge in [-0.15, -0.1) is 0 Å². The number of amides is 2. The van der Waals surface area contributed by atoms with E-state index in [-0.39, 0.29) is 49.7 Å². The van der Waals surface area contributed by atoms with Crippen LogP contribution < -0.4 is 19.7 Å². The average Bonchev–Trinajstić information content (AvgIpc) is 2.92. The first-order chi connectivity index (χ1) is 19.9. The number of nitrogens with one attached hydrogen (secondary N) is 2. The Bertz CT molecular complexity index is 1500. The molecule has 1 saturated heterocycles. The molecule has 2 amide bonds. The number of anilines is 2. The predicted molar refractivity (Wildman–Crippen MR) is 144 cm³/mol. The van der Waals surface area contributed by atoms with Crippen molar-refractivity contribution in [2.45, 2.75) is 55.1 Å². The van der Waals surface area contributed by atoms with Crippen LogP contribution in [-0.2, 0) is 24.3 Å². The summed E-state index contributed by atoms with van der Waals surface area (Å²) < 4.78 is 112. The fourth-order valence-corrected chi connectivity index (χ4v) is 5.98. The Labute approximate surface area is 248 Å². The molecule has 2 N–H and O–H groups in total. The zero-order valence-electron chi connectivity index (χ0n) is 22.8. The third kappa shape index (κ3) is 7.07. The molecule has 0 unspecified atom stereocenters. The van der Waals surface area contributed by atoms with E-state index in [0.717, 1.165) is 28.6 Å². The molecule has 4 rings (SSSR count). The Kier molecular flexibility index (Phi) is 9.05. The Balaban J connectivity index is 1.62. The van der Waals surface area contributed by atoms with Gasteiger partial charge in [0.2, 0.25) is 5.60 Å². The van der Waals surface area contributed by atoms with E-state index in [1.807, 2.05) is 0 Å². The fraction of sp³-hybridized carbons (Fsp3) is 0.462. The molecule has 2 aliphatic heterocycles. The van der Waals surface area contributed by atoms with Crippen LogP contribution >= 0.6 is 11.6 Å². The van der Waals surface area contributed by atoms with E-state index in [1.54, 1.807) is 0 Å². The Morgan fingerprint density at radius 3 is 2.44 bits per heavy atom. The van der Waals surface area contributed by atoms with Crippen molar-refractivity contribution in [1.82, 2.24) is 5.32 Å². The van der Waals surface area contributed by atoms with Crippen molar-refractivity contribution < 1.29 is 54.2 Å². The summed E-state index contributed by atoms with van der Waals surface area (Å²) in [5.74, 6) is -1.84. The quantitative estimate of drug-likeness (QED) is 0.404. The monoisotopic (exact) mass is 655 g/mol. The van der Waals surface area contributed by atoms with Crippen LogP contribution in [0.2, 0.25) is 5.02 Å². The lowest BCUT2D eigenvalue weighted by Crippen LogP contribution is -2.52. The van der Waals surface area contributed by atoms with Crippen molar-refractivity contribution in [3.05, 3.63) is 47.2 Å². The van der Waals surface area contributed by atoms with Gasteiger partial charge in [-0.25, -0.2) is 22.0 Å². The molecule has 10 nitrogen and oxygen atoms in total. The van der Waals surface area contributed by atoms with Gasteiger partial charge in [0, 0.05) is 18.5 Å². The van der Waals surface area contributed by atoms with Crippen LogP contribution in [0.25, 0.3) is 0 Å². The first-order valence-corrected chi connectivity index (χ1v) is 14.6. The van der Waals surface area contributed by atoms with Gasteiger partial charge in [-0.05, 0) is 50.2 Å². The number of hydrogen-bond donors (Lipinski definition) is 2. The van der Waals surface area contributed by atoms with E-state index < -0.39 is 67.9 Å². The molecule has 2 aromatic carbocycles. The normalized spacial score (nSPS) is 18.7. The number of fused-ring (bicyclic) bond motifs is 1. The third-order valence-electron chi connectivity index (χ3n) is 6.83. The van der Waals surface area contributed by atoms with Gasteiger partial charge in [0.25, 0.3) is 15.9 Å². The summed E-state index contributed by atoms with van der Waals surface area (Å²) in [7, 11) is -4.51. The van der Waals surface area contributed by atoms with E-state index in [0.29, 0.717) is 13.8 Å². The smallest absolute Gasteiger partial charge is 0.427 e. The number of halogens is 6. The van der Waals surface area contributed by atoms with Crippen molar-refractivity contribution in [3.63, 3.8) is 0 Å². The molecule has 2 heterocycles. The van der Waals surface area contributed by atoms with Gasteiger partial charge < -0.3 is 19.5 Å². The standard InChI is InChI=1S/C26H27ClF5N3O7S/c1-24(2,26(30,31)32)42-23(37)34-15-3-6-21-20(11-15)35(43(38,39)17-4-5-19(28)18(27)12-17)14-16(41-21)13-33-22(36)25(29)7-9-40-10-8-25/h3-6,11-12,16H,7-10,13-14H2,1-2H3,(H,33,36)(H,34,37)/t16-/m0/s1. The van der Waals surface area contributed by atoms with Crippen molar-refractivity contribution in [2.24, 2.45) is 0 Å².